The molecule has 0 fully saturated rings. The van der Waals surface area contributed by atoms with Gasteiger partial charge in [0.05, 0.1) is 0 Å². The predicted octanol–water partition coefficient (Wildman–Crippen LogP) is 1.83. The van der Waals surface area contributed by atoms with Crippen molar-refractivity contribution in [2.45, 2.75) is 6.92 Å². The Morgan fingerprint density at radius 3 is 2.47 bits per heavy atom. The molecular weight excluding hydrogens is 238 g/mol. The van der Waals surface area contributed by atoms with Gasteiger partial charge in [-0.2, -0.15) is 11.8 Å². The van der Waals surface area contributed by atoms with Crippen molar-refractivity contribution in [3.63, 3.8) is 0 Å². The van der Waals surface area contributed by atoms with Crippen LogP contribution in [0, 0.1) is 5.92 Å². The molecule has 94 valence electrons. The molecule has 3 N–H and O–H groups in total. The molecule has 1 rings (SSSR count). The first-order valence-electron chi connectivity index (χ1n) is 5.33. The number of phenols is 2. The van der Waals surface area contributed by atoms with Crippen molar-refractivity contribution < 1.29 is 15.0 Å². The van der Waals surface area contributed by atoms with E-state index in [4.69, 9.17) is 0 Å². The molecule has 1 amide bonds. The van der Waals surface area contributed by atoms with E-state index in [1.54, 1.807) is 11.8 Å². The maximum Gasteiger partial charge on any atom is 0.251 e. The highest BCUT2D eigenvalue weighted by molar-refractivity contribution is 7.98. The Morgan fingerprint density at radius 1 is 1.35 bits per heavy atom. The number of phenolic OH excluding ortho intramolecular Hbond substituents is 2. The summed E-state index contributed by atoms with van der Waals surface area (Å²) < 4.78 is 0. The zero-order valence-electron chi connectivity index (χ0n) is 9.93. The van der Waals surface area contributed by atoms with Crippen LogP contribution in [0.4, 0.5) is 0 Å². The van der Waals surface area contributed by atoms with Crippen LogP contribution in [0.2, 0.25) is 0 Å². The molecule has 0 aromatic heterocycles. The molecule has 0 spiro atoms. The molecule has 5 heteroatoms. The minimum atomic E-state index is -0.288. The zero-order valence-corrected chi connectivity index (χ0v) is 10.8. The van der Waals surface area contributed by atoms with Crippen molar-refractivity contribution in [2.24, 2.45) is 5.92 Å². The Kier molecular flexibility index (Phi) is 5.15. The van der Waals surface area contributed by atoms with Gasteiger partial charge in [-0.05, 0) is 30.1 Å². The third-order valence-corrected chi connectivity index (χ3v) is 3.13. The van der Waals surface area contributed by atoms with E-state index < -0.39 is 0 Å². The highest BCUT2D eigenvalue weighted by Crippen LogP contribution is 2.20. The van der Waals surface area contributed by atoms with Crippen LogP contribution in [0.5, 0.6) is 11.5 Å². The van der Waals surface area contributed by atoms with Gasteiger partial charge in [-0.15, -0.1) is 0 Å². The first-order chi connectivity index (χ1) is 8.02. The lowest BCUT2D eigenvalue weighted by Crippen LogP contribution is -2.29. The molecule has 0 aliphatic carbocycles. The topological polar surface area (TPSA) is 69.6 Å². The molecule has 0 heterocycles. The van der Waals surface area contributed by atoms with Crippen molar-refractivity contribution in [1.82, 2.24) is 5.32 Å². The lowest BCUT2D eigenvalue weighted by molar-refractivity contribution is 0.0948. The molecule has 17 heavy (non-hydrogen) atoms. The number of benzene rings is 1. The second-order valence-corrected chi connectivity index (χ2v) is 4.92. The van der Waals surface area contributed by atoms with Crippen LogP contribution in [0.15, 0.2) is 18.2 Å². The van der Waals surface area contributed by atoms with E-state index in [1.165, 1.54) is 18.2 Å². The van der Waals surface area contributed by atoms with Crippen molar-refractivity contribution >= 4 is 17.7 Å². The molecule has 0 bridgehead atoms. The number of hydrogen-bond acceptors (Lipinski definition) is 4. The zero-order chi connectivity index (χ0) is 12.8. The largest absolute Gasteiger partial charge is 0.508 e. The number of amides is 1. The highest BCUT2D eigenvalue weighted by atomic mass is 32.2. The summed E-state index contributed by atoms with van der Waals surface area (Å²) in [5, 5.41) is 21.3. The fourth-order valence-electron chi connectivity index (χ4n) is 1.44. The van der Waals surface area contributed by atoms with Crippen molar-refractivity contribution in [2.75, 3.05) is 18.6 Å². The van der Waals surface area contributed by atoms with Gasteiger partial charge in [0.25, 0.3) is 5.91 Å². The fourth-order valence-corrected chi connectivity index (χ4v) is 2.13. The average Bonchev–Trinajstić information content (AvgIpc) is 2.25. The van der Waals surface area contributed by atoms with Crippen molar-refractivity contribution in [1.29, 1.82) is 0 Å². The van der Waals surface area contributed by atoms with E-state index in [0.29, 0.717) is 12.5 Å². The summed E-state index contributed by atoms with van der Waals surface area (Å²) in [5.41, 5.74) is 0.263. The molecule has 0 aliphatic heterocycles. The van der Waals surface area contributed by atoms with Crippen molar-refractivity contribution in [3.8, 4) is 11.5 Å². The number of hydrogen-bond donors (Lipinski definition) is 3. The van der Waals surface area contributed by atoms with E-state index in [9.17, 15) is 15.0 Å². The van der Waals surface area contributed by atoms with Crippen LogP contribution in [-0.4, -0.2) is 34.7 Å². The monoisotopic (exact) mass is 255 g/mol. The Balaban J connectivity index is 2.58. The normalized spacial score (nSPS) is 12.1. The van der Waals surface area contributed by atoms with Gasteiger partial charge in [-0.3, -0.25) is 4.79 Å². The lowest BCUT2D eigenvalue weighted by atomic mass is 10.1. The van der Waals surface area contributed by atoms with Crippen LogP contribution >= 0.6 is 11.8 Å². The smallest absolute Gasteiger partial charge is 0.251 e. The Labute approximate surface area is 105 Å². The number of thioether (sulfide) groups is 1. The summed E-state index contributed by atoms with van der Waals surface area (Å²) >= 11 is 1.73. The number of aromatic hydroxyl groups is 2. The van der Waals surface area contributed by atoms with Gasteiger partial charge in [0, 0.05) is 18.2 Å². The van der Waals surface area contributed by atoms with Crippen LogP contribution in [0.25, 0.3) is 0 Å². The quantitative estimate of drug-likeness (QED) is 0.750. The predicted molar refractivity (Wildman–Crippen MR) is 69.7 cm³/mol. The number of nitrogens with one attached hydrogen (secondary N) is 1. The van der Waals surface area contributed by atoms with E-state index in [2.05, 4.69) is 12.2 Å². The lowest BCUT2D eigenvalue weighted by Gasteiger charge is -2.11. The van der Waals surface area contributed by atoms with E-state index in [0.717, 1.165) is 5.75 Å². The summed E-state index contributed by atoms with van der Waals surface area (Å²) in [6.07, 6.45) is 2.02. The Bertz CT molecular complexity index is 375. The van der Waals surface area contributed by atoms with Gasteiger partial charge in [0.1, 0.15) is 11.5 Å². The molecule has 1 aromatic carbocycles. The molecular formula is C12H17NO3S. The molecule has 1 unspecified atom stereocenters. The van der Waals surface area contributed by atoms with Gasteiger partial charge in [0.2, 0.25) is 0 Å². The first-order valence-corrected chi connectivity index (χ1v) is 6.72. The summed E-state index contributed by atoms with van der Waals surface area (Å²) in [5.74, 6) is 0.842. The third kappa shape index (κ3) is 4.56. The molecule has 0 radical (unpaired) electrons. The van der Waals surface area contributed by atoms with Gasteiger partial charge in [0.15, 0.2) is 0 Å². The van der Waals surface area contributed by atoms with E-state index in [-0.39, 0.29) is 23.0 Å². The number of carbonyl (C=O) groups is 1. The van der Waals surface area contributed by atoms with Gasteiger partial charge in [-0.25, -0.2) is 0 Å². The second-order valence-electron chi connectivity index (χ2n) is 4.01. The summed E-state index contributed by atoms with van der Waals surface area (Å²) in [6.45, 7) is 2.63. The maximum absolute atomic E-state index is 11.7. The summed E-state index contributed by atoms with van der Waals surface area (Å²) in [4.78, 5) is 11.7. The average molecular weight is 255 g/mol. The maximum atomic E-state index is 11.7. The van der Waals surface area contributed by atoms with Gasteiger partial charge >= 0.3 is 0 Å². The number of rotatable bonds is 5. The third-order valence-electron chi connectivity index (χ3n) is 2.23. The molecule has 4 nitrogen and oxygen atoms in total. The molecule has 0 saturated carbocycles. The summed E-state index contributed by atoms with van der Waals surface area (Å²) in [7, 11) is 0. The van der Waals surface area contributed by atoms with E-state index in [1.807, 2.05) is 6.26 Å². The fraction of sp³-hybridized carbons (Fsp3) is 0.417. The van der Waals surface area contributed by atoms with Crippen molar-refractivity contribution in [3.05, 3.63) is 23.8 Å². The van der Waals surface area contributed by atoms with Crippen LogP contribution in [-0.2, 0) is 0 Å². The minimum Gasteiger partial charge on any atom is -0.508 e. The van der Waals surface area contributed by atoms with Crippen LogP contribution in [0.1, 0.15) is 17.3 Å². The summed E-state index contributed by atoms with van der Waals surface area (Å²) in [6, 6.07) is 3.84. The Hall–Kier alpha value is -1.36. The van der Waals surface area contributed by atoms with E-state index >= 15 is 0 Å². The molecule has 1 atom stereocenters. The molecule has 0 aliphatic rings. The van der Waals surface area contributed by atoms with Gasteiger partial charge < -0.3 is 15.5 Å². The molecule has 1 aromatic rings. The number of carbonyl (C=O) groups excluding carboxylic acids is 1. The minimum absolute atomic E-state index is 0.118. The molecule has 0 saturated heterocycles. The highest BCUT2D eigenvalue weighted by Gasteiger charge is 2.09. The Morgan fingerprint density at radius 2 is 1.94 bits per heavy atom. The van der Waals surface area contributed by atoms with Crippen LogP contribution < -0.4 is 5.32 Å². The first kappa shape index (κ1) is 13.7. The van der Waals surface area contributed by atoms with Gasteiger partial charge in [-0.1, -0.05) is 6.92 Å². The second kappa shape index (κ2) is 6.39. The standard InChI is InChI=1S/C12H17NO3S/c1-8(7-17-2)6-13-12(16)9-3-10(14)5-11(15)4-9/h3-5,8,14-15H,6-7H2,1-2H3,(H,13,16). The SMILES string of the molecule is CSCC(C)CNC(=O)c1cc(O)cc(O)c1. The van der Waals surface area contributed by atoms with Crippen LogP contribution in [0.3, 0.4) is 0 Å².